The van der Waals surface area contributed by atoms with E-state index in [1.807, 2.05) is 13.8 Å². The lowest BCUT2D eigenvalue weighted by molar-refractivity contribution is -0.136. The van der Waals surface area contributed by atoms with Crippen molar-refractivity contribution in [3.63, 3.8) is 0 Å². The summed E-state index contributed by atoms with van der Waals surface area (Å²) in [6.45, 7) is 9.29. The van der Waals surface area contributed by atoms with Crippen molar-refractivity contribution in [3.8, 4) is 5.75 Å². The van der Waals surface area contributed by atoms with Gasteiger partial charge in [0.2, 0.25) is 0 Å². The minimum Gasteiger partial charge on any atom is -0.487 e. The minimum absolute atomic E-state index is 0.0870. The van der Waals surface area contributed by atoms with Crippen LogP contribution in [0.15, 0.2) is 0 Å². The molecule has 0 radical (unpaired) electrons. The summed E-state index contributed by atoms with van der Waals surface area (Å²) in [5.41, 5.74) is 5.26. The van der Waals surface area contributed by atoms with Gasteiger partial charge in [0.25, 0.3) is 0 Å². The highest BCUT2D eigenvalue weighted by Gasteiger charge is 2.34. The molecule has 1 aliphatic heterocycles. The van der Waals surface area contributed by atoms with Gasteiger partial charge in [-0.15, -0.1) is 0 Å². The average molecular weight is 319 g/mol. The Morgan fingerprint density at radius 3 is 2.43 bits per heavy atom. The molecule has 1 aromatic carbocycles. The lowest BCUT2D eigenvalue weighted by atomic mass is 9.83. The number of fused-ring (bicyclic) bond motifs is 1. The Balaban J connectivity index is 2.39. The van der Waals surface area contributed by atoms with E-state index in [1.54, 1.807) is 0 Å². The summed E-state index contributed by atoms with van der Waals surface area (Å²) in [6.07, 6.45) is 3.01. The molecule has 0 aliphatic carbocycles. The first-order chi connectivity index (χ1) is 10.6. The highest BCUT2D eigenvalue weighted by atomic mass is 16.5. The standard InChI is InChI=1S/C19H29NO3/c1-12-13(2)18-15(14(3)16(12)11-17(21)22)7-8-19(4,23-18)9-10-20(5)6/h7-11H2,1-6H3,(H,21,22). The van der Waals surface area contributed by atoms with Crippen LogP contribution >= 0.6 is 0 Å². The number of ether oxygens (including phenoxy) is 1. The van der Waals surface area contributed by atoms with E-state index in [1.165, 1.54) is 5.56 Å². The van der Waals surface area contributed by atoms with Gasteiger partial charge in [0.15, 0.2) is 0 Å². The molecule has 1 unspecified atom stereocenters. The van der Waals surface area contributed by atoms with Gasteiger partial charge in [-0.1, -0.05) is 0 Å². The molecule has 0 spiro atoms. The van der Waals surface area contributed by atoms with E-state index in [0.29, 0.717) is 0 Å². The quantitative estimate of drug-likeness (QED) is 0.905. The van der Waals surface area contributed by atoms with Gasteiger partial charge in [0, 0.05) is 6.54 Å². The summed E-state index contributed by atoms with van der Waals surface area (Å²) in [5.74, 6) is 0.213. The van der Waals surface area contributed by atoms with Crippen LogP contribution in [0.5, 0.6) is 5.75 Å². The van der Waals surface area contributed by atoms with E-state index < -0.39 is 5.97 Å². The Morgan fingerprint density at radius 2 is 1.87 bits per heavy atom. The molecule has 0 amide bonds. The summed E-state index contributed by atoms with van der Waals surface area (Å²) in [4.78, 5) is 13.4. The molecule has 23 heavy (non-hydrogen) atoms. The molecule has 0 aromatic heterocycles. The van der Waals surface area contributed by atoms with Gasteiger partial charge in [-0.2, -0.15) is 0 Å². The molecule has 128 valence electrons. The van der Waals surface area contributed by atoms with Gasteiger partial charge >= 0.3 is 5.97 Å². The van der Waals surface area contributed by atoms with Crippen molar-refractivity contribution in [2.45, 2.75) is 59.0 Å². The summed E-state index contributed by atoms with van der Waals surface area (Å²) in [7, 11) is 4.16. The molecule has 1 aromatic rings. The van der Waals surface area contributed by atoms with Crippen LogP contribution < -0.4 is 4.74 Å². The first-order valence-corrected chi connectivity index (χ1v) is 8.31. The van der Waals surface area contributed by atoms with Crippen LogP contribution in [-0.4, -0.2) is 42.2 Å². The van der Waals surface area contributed by atoms with Gasteiger partial charge < -0.3 is 14.7 Å². The van der Waals surface area contributed by atoms with Gasteiger partial charge in [-0.25, -0.2) is 0 Å². The Morgan fingerprint density at radius 1 is 1.22 bits per heavy atom. The number of nitrogens with zero attached hydrogens (tertiary/aromatic N) is 1. The molecule has 1 atom stereocenters. The molecule has 0 saturated heterocycles. The first-order valence-electron chi connectivity index (χ1n) is 8.31. The van der Waals surface area contributed by atoms with Crippen LogP contribution in [0.3, 0.4) is 0 Å². The lowest BCUT2D eigenvalue weighted by Gasteiger charge is -2.39. The maximum atomic E-state index is 11.2. The second-order valence-electron chi connectivity index (χ2n) is 7.34. The number of carboxylic acids is 1. The predicted octanol–water partition coefficient (Wildman–Crippen LogP) is 3.27. The van der Waals surface area contributed by atoms with E-state index in [9.17, 15) is 9.90 Å². The third-order valence-corrected chi connectivity index (χ3v) is 5.20. The van der Waals surface area contributed by atoms with E-state index >= 15 is 0 Å². The van der Waals surface area contributed by atoms with Crippen LogP contribution in [0.2, 0.25) is 0 Å². The first kappa shape index (κ1) is 17.8. The summed E-state index contributed by atoms with van der Waals surface area (Å²) in [6, 6.07) is 0. The third kappa shape index (κ3) is 3.69. The molecule has 0 bridgehead atoms. The number of rotatable bonds is 5. The maximum Gasteiger partial charge on any atom is 0.307 e. The van der Waals surface area contributed by atoms with Crippen LogP contribution in [-0.2, 0) is 17.6 Å². The highest BCUT2D eigenvalue weighted by molar-refractivity contribution is 5.73. The van der Waals surface area contributed by atoms with Crippen molar-refractivity contribution in [2.75, 3.05) is 20.6 Å². The molecule has 4 nitrogen and oxygen atoms in total. The average Bonchev–Trinajstić information content (AvgIpc) is 2.47. The van der Waals surface area contributed by atoms with Gasteiger partial charge in [-0.3, -0.25) is 4.79 Å². The second kappa shape index (κ2) is 6.52. The molecule has 1 aliphatic rings. The molecule has 0 saturated carbocycles. The van der Waals surface area contributed by atoms with E-state index in [4.69, 9.17) is 4.74 Å². The smallest absolute Gasteiger partial charge is 0.307 e. The molecule has 1 N–H and O–H groups in total. The fourth-order valence-electron chi connectivity index (χ4n) is 3.44. The Labute approximate surface area is 139 Å². The van der Waals surface area contributed by atoms with Gasteiger partial charge in [0.05, 0.1) is 6.42 Å². The third-order valence-electron chi connectivity index (χ3n) is 5.20. The van der Waals surface area contributed by atoms with Crippen LogP contribution in [0, 0.1) is 20.8 Å². The molecular formula is C19H29NO3. The fourth-order valence-corrected chi connectivity index (χ4v) is 3.44. The lowest BCUT2D eigenvalue weighted by Crippen LogP contribution is -2.39. The largest absolute Gasteiger partial charge is 0.487 e. The van der Waals surface area contributed by atoms with Crippen molar-refractivity contribution in [1.29, 1.82) is 0 Å². The monoisotopic (exact) mass is 319 g/mol. The number of hydrogen-bond donors (Lipinski definition) is 1. The van der Waals surface area contributed by atoms with Crippen molar-refractivity contribution >= 4 is 5.97 Å². The van der Waals surface area contributed by atoms with Crippen LogP contribution in [0.25, 0.3) is 0 Å². The van der Waals surface area contributed by atoms with Crippen molar-refractivity contribution < 1.29 is 14.6 Å². The minimum atomic E-state index is -0.775. The van der Waals surface area contributed by atoms with E-state index in [0.717, 1.165) is 53.8 Å². The SMILES string of the molecule is Cc1c(C)c2c(c(C)c1CC(=O)O)CCC(C)(CCN(C)C)O2. The number of aliphatic carboxylic acids is 1. The molecular weight excluding hydrogens is 290 g/mol. The molecule has 2 rings (SSSR count). The van der Waals surface area contributed by atoms with E-state index in [-0.39, 0.29) is 12.0 Å². The molecule has 0 fully saturated rings. The van der Waals surface area contributed by atoms with Gasteiger partial charge in [-0.05, 0) is 88.9 Å². The van der Waals surface area contributed by atoms with Crippen LogP contribution in [0.4, 0.5) is 0 Å². The number of carboxylic acid groups (broad SMARTS) is 1. The van der Waals surface area contributed by atoms with Crippen molar-refractivity contribution in [2.24, 2.45) is 0 Å². The second-order valence-corrected chi connectivity index (χ2v) is 7.34. The Kier molecular flexibility index (Phi) is 5.04. The Bertz CT molecular complexity index is 622. The Hall–Kier alpha value is -1.55. The van der Waals surface area contributed by atoms with Crippen molar-refractivity contribution in [1.82, 2.24) is 4.90 Å². The highest BCUT2D eigenvalue weighted by Crippen LogP contribution is 2.42. The zero-order chi connectivity index (χ0) is 17.4. The number of benzene rings is 1. The normalized spacial score (nSPS) is 20.3. The zero-order valence-electron chi connectivity index (χ0n) is 15.2. The number of hydrogen-bond acceptors (Lipinski definition) is 3. The molecule has 1 heterocycles. The fraction of sp³-hybridized carbons (Fsp3) is 0.632. The summed E-state index contributed by atoms with van der Waals surface area (Å²) < 4.78 is 6.45. The summed E-state index contributed by atoms with van der Waals surface area (Å²) in [5, 5.41) is 9.18. The summed E-state index contributed by atoms with van der Waals surface area (Å²) >= 11 is 0. The number of carbonyl (C=O) groups is 1. The zero-order valence-corrected chi connectivity index (χ0v) is 15.2. The van der Waals surface area contributed by atoms with Gasteiger partial charge in [0.1, 0.15) is 11.4 Å². The molecule has 4 heteroatoms. The van der Waals surface area contributed by atoms with Crippen molar-refractivity contribution in [3.05, 3.63) is 27.8 Å². The maximum absolute atomic E-state index is 11.2. The predicted molar refractivity (Wildman–Crippen MR) is 92.5 cm³/mol. The topological polar surface area (TPSA) is 49.8 Å². The van der Waals surface area contributed by atoms with E-state index in [2.05, 4.69) is 32.8 Å². The van der Waals surface area contributed by atoms with Crippen LogP contribution in [0.1, 0.15) is 47.6 Å².